The van der Waals surface area contributed by atoms with Gasteiger partial charge in [0.2, 0.25) is 0 Å². The quantitative estimate of drug-likeness (QED) is 0.629. The molecule has 0 spiro atoms. The Bertz CT molecular complexity index is 300. The van der Waals surface area contributed by atoms with Crippen LogP contribution in [-0.4, -0.2) is 11.6 Å². The standard InChI is InChI=1S/C10H11NO/c1-8-4-5-9(7-11-8)10-3-2-6-12-10/h3-5,7H,2,6H2,1H3. The van der Waals surface area contributed by atoms with Crippen molar-refractivity contribution in [3.63, 3.8) is 0 Å². The van der Waals surface area contributed by atoms with Gasteiger partial charge in [-0.2, -0.15) is 0 Å². The summed E-state index contributed by atoms with van der Waals surface area (Å²) in [7, 11) is 0. The molecule has 0 aromatic carbocycles. The molecule has 2 nitrogen and oxygen atoms in total. The summed E-state index contributed by atoms with van der Waals surface area (Å²) in [6, 6.07) is 4.04. The average molecular weight is 161 g/mol. The Labute approximate surface area is 71.9 Å². The first-order valence-electron chi connectivity index (χ1n) is 4.12. The third-order valence-corrected chi connectivity index (χ3v) is 1.90. The van der Waals surface area contributed by atoms with Crippen molar-refractivity contribution in [1.82, 2.24) is 4.98 Å². The third kappa shape index (κ3) is 1.33. The molecular formula is C10H11NO. The van der Waals surface area contributed by atoms with Gasteiger partial charge in [0.1, 0.15) is 5.76 Å². The number of ether oxygens (including phenoxy) is 1. The monoisotopic (exact) mass is 161 g/mol. The van der Waals surface area contributed by atoms with E-state index in [0.29, 0.717) is 0 Å². The largest absolute Gasteiger partial charge is 0.493 e. The molecule has 0 bridgehead atoms. The molecule has 2 heteroatoms. The number of aromatic nitrogens is 1. The van der Waals surface area contributed by atoms with Crippen molar-refractivity contribution < 1.29 is 4.74 Å². The summed E-state index contributed by atoms with van der Waals surface area (Å²) < 4.78 is 5.40. The van der Waals surface area contributed by atoms with Crippen LogP contribution in [0.4, 0.5) is 0 Å². The van der Waals surface area contributed by atoms with Gasteiger partial charge in [-0.3, -0.25) is 4.98 Å². The van der Waals surface area contributed by atoms with Gasteiger partial charge in [-0.15, -0.1) is 0 Å². The van der Waals surface area contributed by atoms with Gasteiger partial charge in [0.05, 0.1) is 6.61 Å². The highest BCUT2D eigenvalue weighted by molar-refractivity contribution is 5.60. The molecule has 1 aromatic rings. The fourth-order valence-corrected chi connectivity index (χ4v) is 1.23. The average Bonchev–Trinajstić information content (AvgIpc) is 2.58. The Balaban J connectivity index is 2.28. The second kappa shape index (κ2) is 2.97. The van der Waals surface area contributed by atoms with Gasteiger partial charge in [-0.05, 0) is 25.1 Å². The maximum Gasteiger partial charge on any atom is 0.124 e. The lowest BCUT2D eigenvalue weighted by atomic mass is 10.2. The van der Waals surface area contributed by atoms with E-state index >= 15 is 0 Å². The van der Waals surface area contributed by atoms with E-state index in [1.54, 1.807) is 0 Å². The van der Waals surface area contributed by atoms with E-state index in [1.807, 2.05) is 25.3 Å². The molecule has 2 heterocycles. The SMILES string of the molecule is Cc1ccc(C2=CCCO2)cn1. The van der Waals surface area contributed by atoms with E-state index in [2.05, 4.69) is 11.1 Å². The van der Waals surface area contributed by atoms with Crippen LogP contribution in [0.1, 0.15) is 17.7 Å². The van der Waals surface area contributed by atoms with Crippen molar-refractivity contribution in [3.05, 3.63) is 35.7 Å². The fourth-order valence-electron chi connectivity index (χ4n) is 1.23. The molecule has 0 N–H and O–H groups in total. The molecule has 1 aromatic heterocycles. The van der Waals surface area contributed by atoms with E-state index in [4.69, 9.17) is 4.74 Å². The van der Waals surface area contributed by atoms with Crippen molar-refractivity contribution in [2.75, 3.05) is 6.61 Å². The van der Waals surface area contributed by atoms with Gasteiger partial charge in [0, 0.05) is 23.9 Å². The highest BCUT2D eigenvalue weighted by atomic mass is 16.5. The molecule has 62 valence electrons. The molecule has 1 aliphatic heterocycles. The normalized spacial score (nSPS) is 15.6. The van der Waals surface area contributed by atoms with Crippen LogP contribution in [0.3, 0.4) is 0 Å². The Morgan fingerprint density at radius 1 is 1.42 bits per heavy atom. The predicted octanol–water partition coefficient (Wildman–Crippen LogP) is 2.15. The zero-order valence-electron chi connectivity index (χ0n) is 7.08. The number of aryl methyl sites for hydroxylation is 1. The molecule has 2 rings (SSSR count). The molecule has 0 saturated heterocycles. The highest BCUT2D eigenvalue weighted by Gasteiger charge is 2.07. The van der Waals surface area contributed by atoms with E-state index < -0.39 is 0 Å². The summed E-state index contributed by atoms with van der Waals surface area (Å²) in [4.78, 5) is 4.20. The van der Waals surface area contributed by atoms with Crippen LogP contribution in [0.25, 0.3) is 5.76 Å². The molecular weight excluding hydrogens is 150 g/mol. The third-order valence-electron chi connectivity index (χ3n) is 1.90. The Morgan fingerprint density at radius 3 is 2.92 bits per heavy atom. The molecule has 1 aliphatic rings. The first-order valence-corrected chi connectivity index (χ1v) is 4.12. The molecule has 0 atom stereocenters. The fraction of sp³-hybridized carbons (Fsp3) is 0.300. The van der Waals surface area contributed by atoms with Crippen molar-refractivity contribution in [3.8, 4) is 0 Å². The Morgan fingerprint density at radius 2 is 2.33 bits per heavy atom. The predicted molar refractivity (Wildman–Crippen MR) is 47.5 cm³/mol. The number of nitrogens with zero attached hydrogens (tertiary/aromatic N) is 1. The van der Waals surface area contributed by atoms with Crippen molar-refractivity contribution >= 4 is 5.76 Å². The van der Waals surface area contributed by atoms with Crippen LogP contribution in [0.5, 0.6) is 0 Å². The summed E-state index contributed by atoms with van der Waals surface area (Å²) in [5.74, 6) is 0.975. The van der Waals surface area contributed by atoms with E-state index in [1.165, 1.54) is 0 Å². The molecule has 0 aliphatic carbocycles. The van der Waals surface area contributed by atoms with Gasteiger partial charge in [0.25, 0.3) is 0 Å². The first kappa shape index (κ1) is 7.35. The van der Waals surface area contributed by atoms with Crippen molar-refractivity contribution in [1.29, 1.82) is 0 Å². The molecule has 0 radical (unpaired) electrons. The summed E-state index contributed by atoms with van der Waals surface area (Å²) in [5, 5.41) is 0. The second-order valence-corrected chi connectivity index (χ2v) is 2.89. The lowest BCUT2D eigenvalue weighted by molar-refractivity contribution is 0.307. The zero-order chi connectivity index (χ0) is 8.39. The van der Waals surface area contributed by atoms with Gasteiger partial charge in [-0.25, -0.2) is 0 Å². The van der Waals surface area contributed by atoms with E-state index in [0.717, 1.165) is 30.0 Å². The Hall–Kier alpha value is -1.31. The molecule has 0 amide bonds. The molecule has 0 saturated carbocycles. The smallest absolute Gasteiger partial charge is 0.124 e. The van der Waals surface area contributed by atoms with Crippen LogP contribution in [0.15, 0.2) is 24.4 Å². The summed E-state index contributed by atoms with van der Waals surface area (Å²) in [5.41, 5.74) is 2.12. The minimum Gasteiger partial charge on any atom is -0.493 e. The Kier molecular flexibility index (Phi) is 1.82. The van der Waals surface area contributed by atoms with Crippen molar-refractivity contribution in [2.45, 2.75) is 13.3 Å². The van der Waals surface area contributed by atoms with Crippen LogP contribution in [0, 0.1) is 6.92 Å². The highest BCUT2D eigenvalue weighted by Crippen LogP contribution is 2.20. The topological polar surface area (TPSA) is 22.1 Å². The zero-order valence-corrected chi connectivity index (χ0v) is 7.08. The summed E-state index contributed by atoms with van der Waals surface area (Å²) in [6.07, 6.45) is 4.97. The van der Waals surface area contributed by atoms with E-state index in [-0.39, 0.29) is 0 Å². The minimum absolute atomic E-state index is 0.809. The second-order valence-electron chi connectivity index (χ2n) is 2.89. The van der Waals surface area contributed by atoms with Gasteiger partial charge in [-0.1, -0.05) is 0 Å². The number of hydrogen-bond acceptors (Lipinski definition) is 2. The van der Waals surface area contributed by atoms with Gasteiger partial charge < -0.3 is 4.74 Å². The van der Waals surface area contributed by atoms with Gasteiger partial charge >= 0.3 is 0 Å². The van der Waals surface area contributed by atoms with Crippen LogP contribution >= 0.6 is 0 Å². The summed E-state index contributed by atoms with van der Waals surface area (Å²) >= 11 is 0. The van der Waals surface area contributed by atoms with E-state index in [9.17, 15) is 0 Å². The number of pyridine rings is 1. The maximum absolute atomic E-state index is 5.40. The lowest BCUT2D eigenvalue weighted by Crippen LogP contribution is -1.88. The number of rotatable bonds is 1. The minimum atomic E-state index is 0.809. The van der Waals surface area contributed by atoms with Crippen molar-refractivity contribution in [2.24, 2.45) is 0 Å². The maximum atomic E-state index is 5.40. The van der Waals surface area contributed by atoms with Crippen LogP contribution in [0.2, 0.25) is 0 Å². The molecule has 0 unspecified atom stereocenters. The van der Waals surface area contributed by atoms with Crippen LogP contribution in [-0.2, 0) is 4.74 Å². The molecule has 12 heavy (non-hydrogen) atoms. The van der Waals surface area contributed by atoms with Crippen LogP contribution < -0.4 is 0 Å². The number of hydrogen-bond donors (Lipinski definition) is 0. The molecule has 0 fully saturated rings. The summed E-state index contributed by atoms with van der Waals surface area (Å²) in [6.45, 7) is 2.79. The lowest BCUT2D eigenvalue weighted by Gasteiger charge is -2.02. The van der Waals surface area contributed by atoms with Gasteiger partial charge in [0.15, 0.2) is 0 Å². The first-order chi connectivity index (χ1) is 5.86.